The molecule has 0 saturated heterocycles. The predicted molar refractivity (Wildman–Crippen MR) is 84.4 cm³/mol. The van der Waals surface area contributed by atoms with E-state index in [1.165, 1.54) is 11.6 Å². The van der Waals surface area contributed by atoms with Crippen molar-refractivity contribution in [3.8, 4) is 11.5 Å². The lowest BCUT2D eigenvalue weighted by Crippen LogP contribution is -2.19. The Kier molecular flexibility index (Phi) is 5.34. The SMILES string of the molecule is CCCNC(C)c1ccc(Oc2ccc(C)c(F)c2)cc1. The maximum absolute atomic E-state index is 13.5. The number of benzene rings is 2. The van der Waals surface area contributed by atoms with Gasteiger partial charge in [-0.3, -0.25) is 0 Å². The molecule has 0 amide bonds. The molecule has 0 aliphatic carbocycles. The summed E-state index contributed by atoms with van der Waals surface area (Å²) in [5.74, 6) is 0.981. The van der Waals surface area contributed by atoms with Gasteiger partial charge in [0.15, 0.2) is 0 Å². The third kappa shape index (κ3) is 4.30. The zero-order valence-corrected chi connectivity index (χ0v) is 12.8. The molecule has 0 bridgehead atoms. The van der Waals surface area contributed by atoms with Crippen LogP contribution >= 0.6 is 0 Å². The van der Waals surface area contributed by atoms with Crippen LogP contribution in [0.4, 0.5) is 4.39 Å². The van der Waals surface area contributed by atoms with Gasteiger partial charge in [-0.15, -0.1) is 0 Å². The van der Waals surface area contributed by atoms with Crippen molar-refractivity contribution < 1.29 is 9.13 Å². The second-order valence-corrected chi connectivity index (χ2v) is 5.26. The van der Waals surface area contributed by atoms with Crippen molar-refractivity contribution in [1.29, 1.82) is 0 Å². The van der Waals surface area contributed by atoms with Crippen molar-refractivity contribution in [2.75, 3.05) is 6.54 Å². The van der Waals surface area contributed by atoms with Gasteiger partial charge in [0.2, 0.25) is 0 Å². The third-order valence-electron chi connectivity index (χ3n) is 3.46. The van der Waals surface area contributed by atoms with E-state index in [-0.39, 0.29) is 5.82 Å². The van der Waals surface area contributed by atoms with E-state index in [0.717, 1.165) is 13.0 Å². The molecule has 0 fully saturated rings. The van der Waals surface area contributed by atoms with E-state index in [2.05, 4.69) is 19.2 Å². The van der Waals surface area contributed by atoms with Crippen LogP contribution in [0.3, 0.4) is 0 Å². The summed E-state index contributed by atoms with van der Waals surface area (Å²) >= 11 is 0. The van der Waals surface area contributed by atoms with Crippen molar-refractivity contribution >= 4 is 0 Å². The normalized spacial score (nSPS) is 12.2. The lowest BCUT2D eigenvalue weighted by atomic mass is 10.1. The highest BCUT2D eigenvalue weighted by Gasteiger charge is 2.05. The standard InChI is InChI=1S/C18H22FNO/c1-4-11-20-14(3)15-6-9-16(10-7-15)21-17-8-5-13(2)18(19)12-17/h5-10,12,14,20H,4,11H2,1-3H3. The van der Waals surface area contributed by atoms with Crippen LogP contribution in [0.1, 0.15) is 37.4 Å². The number of nitrogens with one attached hydrogen (secondary N) is 1. The molecule has 2 nitrogen and oxygen atoms in total. The van der Waals surface area contributed by atoms with Crippen LogP contribution in [-0.2, 0) is 0 Å². The van der Waals surface area contributed by atoms with E-state index in [1.807, 2.05) is 24.3 Å². The maximum Gasteiger partial charge on any atom is 0.130 e. The van der Waals surface area contributed by atoms with Gasteiger partial charge >= 0.3 is 0 Å². The van der Waals surface area contributed by atoms with Crippen molar-refractivity contribution in [2.24, 2.45) is 0 Å². The quantitative estimate of drug-likeness (QED) is 0.808. The zero-order chi connectivity index (χ0) is 15.2. The summed E-state index contributed by atoms with van der Waals surface area (Å²) in [6, 6.07) is 13.1. The van der Waals surface area contributed by atoms with Gasteiger partial charge < -0.3 is 10.1 Å². The number of ether oxygens (including phenoxy) is 1. The van der Waals surface area contributed by atoms with Gasteiger partial charge in [0.05, 0.1) is 0 Å². The van der Waals surface area contributed by atoms with Crippen LogP contribution in [0.25, 0.3) is 0 Å². The van der Waals surface area contributed by atoms with Crippen molar-refractivity contribution in [3.63, 3.8) is 0 Å². The first-order chi connectivity index (χ1) is 10.1. The minimum atomic E-state index is -0.249. The van der Waals surface area contributed by atoms with Crippen LogP contribution in [0.5, 0.6) is 11.5 Å². The van der Waals surface area contributed by atoms with Gasteiger partial charge in [-0.1, -0.05) is 25.1 Å². The molecule has 2 aromatic carbocycles. The minimum absolute atomic E-state index is 0.249. The average Bonchev–Trinajstić information content (AvgIpc) is 2.49. The highest BCUT2D eigenvalue weighted by atomic mass is 19.1. The summed E-state index contributed by atoms with van der Waals surface area (Å²) in [5.41, 5.74) is 1.83. The molecule has 0 radical (unpaired) electrons. The van der Waals surface area contributed by atoms with Gasteiger partial charge in [0.1, 0.15) is 17.3 Å². The molecule has 0 aliphatic heterocycles. The van der Waals surface area contributed by atoms with Crippen LogP contribution in [0.2, 0.25) is 0 Å². The Morgan fingerprint density at radius 3 is 2.38 bits per heavy atom. The van der Waals surface area contributed by atoms with Gasteiger partial charge in [-0.05, 0) is 56.1 Å². The maximum atomic E-state index is 13.5. The summed E-state index contributed by atoms with van der Waals surface area (Å²) in [7, 11) is 0. The molecule has 112 valence electrons. The summed E-state index contributed by atoms with van der Waals surface area (Å²) in [4.78, 5) is 0. The second-order valence-electron chi connectivity index (χ2n) is 5.26. The first-order valence-electron chi connectivity index (χ1n) is 7.37. The van der Waals surface area contributed by atoms with E-state index in [4.69, 9.17) is 4.74 Å². The molecule has 1 unspecified atom stereocenters. The van der Waals surface area contributed by atoms with E-state index >= 15 is 0 Å². The van der Waals surface area contributed by atoms with Crippen LogP contribution in [0.15, 0.2) is 42.5 Å². The fourth-order valence-electron chi connectivity index (χ4n) is 2.08. The molecule has 2 rings (SSSR count). The predicted octanol–water partition coefficient (Wildman–Crippen LogP) is 4.99. The second kappa shape index (κ2) is 7.23. The smallest absolute Gasteiger partial charge is 0.130 e. The number of hydrogen-bond donors (Lipinski definition) is 1. The molecular weight excluding hydrogens is 265 g/mol. The summed E-state index contributed by atoms with van der Waals surface area (Å²) in [6.45, 7) is 7.03. The number of aryl methyl sites for hydroxylation is 1. The number of hydrogen-bond acceptors (Lipinski definition) is 2. The lowest BCUT2D eigenvalue weighted by molar-refractivity contribution is 0.475. The number of rotatable bonds is 6. The van der Waals surface area contributed by atoms with Crippen molar-refractivity contribution in [2.45, 2.75) is 33.2 Å². The largest absolute Gasteiger partial charge is 0.457 e. The monoisotopic (exact) mass is 287 g/mol. The Labute approximate surface area is 126 Å². The van der Waals surface area contributed by atoms with Crippen LogP contribution in [-0.4, -0.2) is 6.54 Å². The summed E-state index contributed by atoms with van der Waals surface area (Å²) in [5, 5.41) is 3.44. The van der Waals surface area contributed by atoms with E-state index in [1.54, 1.807) is 19.1 Å². The molecule has 21 heavy (non-hydrogen) atoms. The Morgan fingerprint density at radius 1 is 1.10 bits per heavy atom. The Hall–Kier alpha value is -1.87. The topological polar surface area (TPSA) is 21.3 Å². The van der Waals surface area contributed by atoms with E-state index in [9.17, 15) is 4.39 Å². The average molecular weight is 287 g/mol. The molecule has 3 heteroatoms. The van der Waals surface area contributed by atoms with Crippen molar-refractivity contribution in [3.05, 3.63) is 59.4 Å². The number of halogens is 1. The van der Waals surface area contributed by atoms with E-state index < -0.39 is 0 Å². The fraction of sp³-hybridized carbons (Fsp3) is 0.333. The molecule has 1 atom stereocenters. The zero-order valence-electron chi connectivity index (χ0n) is 12.8. The molecule has 0 aromatic heterocycles. The third-order valence-corrected chi connectivity index (χ3v) is 3.46. The molecular formula is C18H22FNO. The minimum Gasteiger partial charge on any atom is -0.457 e. The van der Waals surface area contributed by atoms with Gasteiger partial charge in [-0.2, -0.15) is 0 Å². The lowest BCUT2D eigenvalue weighted by Gasteiger charge is -2.14. The van der Waals surface area contributed by atoms with Gasteiger partial charge in [-0.25, -0.2) is 4.39 Å². The molecule has 0 spiro atoms. The Balaban J connectivity index is 2.03. The highest BCUT2D eigenvalue weighted by Crippen LogP contribution is 2.24. The molecule has 1 N–H and O–H groups in total. The van der Waals surface area contributed by atoms with Gasteiger partial charge in [0, 0.05) is 12.1 Å². The summed E-state index contributed by atoms with van der Waals surface area (Å²) in [6.07, 6.45) is 1.12. The molecule has 0 aliphatic rings. The molecule has 0 heterocycles. The summed E-state index contributed by atoms with van der Waals surface area (Å²) < 4.78 is 19.2. The molecule has 0 saturated carbocycles. The Bertz CT molecular complexity index is 580. The first-order valence-corrected chi connectivity index (χ1v) is 7.37. The fourth-order valence-corrected chi connectivity index (χ4v) is 2.08. The van der Waals surface area contributed by atoms with Gasteiger partial charge in [0.25, 0.3) is 0 Å². The first kappa shape index (κ1) is 15.5. The van der Waals surface area contributed by atoms with Crippen LogP contribution < -0.4 is 10.1 Å². The highest BCUT2D eigenvalue weighted by molar-refractivity contribution is 5.35. The Morgan fingerprint density at radius 2 is 1.76 bits per heavy atom. The van der Waals surface area contributed by atoms with Crippen molar-refractivity contribution in [1.82, 2.24) is 5.32 Å². The molecule has 2 aromatic rings. The van der Waals surface area contributed by atoms with E-state index in [0.29, 0.717) is 23.1 Å². The van der Waals surface area contributed by atoms with Crippen LogP contribution in [0, 0.1) is 12.7 Å².